The van der Waals surface area contributed by atoms with Gasteiger partial charge in [0.2, 0.25) is 0 Å². The number of nitro benzene ring substituents is 1. The van der Waals surface area contributed by atoms with E-state index in [1.807, 2.05) is 11.1 Å². The molecule has 21 heavy (non-hydrogen) atoms. The van der Waals surface area contributed by atoms with Crippen LogP contribution in [0.4, 0.5) is 5.69 Å². The second-order valence-corrected chi connectivity index (χ2v) is 4.64. The molecule has 0 spiro atoms. The van der Waals surface area contributed by atoms with Gasteiger partial charge in [-0.1, -0.05) is 12.1 Å². The van der Waals surface area contributed by atoms with Gasteiger partial charge in [0, 0.05) is 17.6 Å². The van der Waals surface area contributed by atoms with Crippen molar-refractivity contribution in [2.24, 2.45) is 5.10 Å². The van der Waals surface area contributed by atoms with E-state index in [1.165, 1.54) is 6.07 Å². The zero-order chi connectivity index (χ0) is 14.7. The number of benzene rings is 1. The van der Waals surface area contributed by atoms with Crippen LogP contribution in [0, 0.1) is 10.1 Å². The van der Waals surface area contributed by atoms with Gasteiger partial charge in [0.15, 0.2) is 0 Å². The molecule has 0 unspecified atom stereocenters. The molecular weight excluding hydrogens is 272 g/mol. The van der Waals surface area contributed by atoms with Crippen LogP contribution in [0.1, 0.15) is 5.69 Å². The summed E-state index contributed by atoms with van der Waals surface area (Å²) in [7, 11) is 0. The van der Waals surface area contributed by atoms with Crippen molar-refractivity contribution in [2.45, 2.75) is 0 Å². The summed E-state index contributed by atoms with van der Waals surface area (Å²) in [4.78, 5) is 14.9. The fraction of sp³-hybridized carbons (Fsp3) is 0.286. The van der Waals surface area contributed by atoms with Gasteiger partial charge >= 0.3 is 0 Å². The third-order valence-corrected chi connectivity index (χ3v) is 3.34. The first-order valence-electron chi connectivity index (χ1n) is 6.64. The van der Waals surface area contributed by atoms with Crippen molar-refractivity contribution in [1.29, 1.82) is 0 Å². The SMILES string of the molecule is O=[N+]([O-])c1cccc2c(/C=N/N3CCOCC3)nccc12. The first-order chi connectivity index (χ1) is 10.3. The highest BCUT2D eigenvalue weighted by molar-refractivity contribution is 6.01. The molecule has 2 heterocycles. The van der Waals surface area contributed by atoms with E-state index in [4.69, 9.17) is 4.74 Å². The summed E-state index contributed by atoms with van der Waals surface area (Å²) in [5.74, 6) is 0. The molecule has 3 rings (SSSR count). The molecule has 1 saturated heterocycles. The van der Waals surface area contributed by atoms with E-state index in [1.54, 1.807) is 24.5 Å². The summed E-state index contributed by atoms with van der Waals surface area (Å²) < 4.78 is 5.26. The quantitative estimate of drug-likeness (QED) is 0.488. The van der Waals surface area contributed by atoms with Crippen LogP contribution < -0.4 is 0 Å². The predicted molar refractivity (Wildman–Crippen MR) is 78.4 cm³/mol. The summed E-state index contributed by atoms with van der Waals surface area (Å²) in [5, 5.41) is 18.6. The van der Waals surface area contributed by atoms with Crippen molar-refractivity contribution in [3.05, 3.63) is 46.3 Å². The largest absolute Gasteiger partial charge is 0.378 e. The standard InChI is InChI=1S/C14H14N4O3/c19-18(20)14-3-1-2-11-12(14)4-5-15-13(11)10-16-17-6-8-21-9-7-17/h1-5,10H,6-9H2/b16-10+. The van der Waals surface area contributed by atoms with Crippen molar-refractivity contribution < 1.29 is 9.66 Å². The molecule has 7 heteroatoms. The molecule has 0 atom stereocenters. The minimum Gasteiger partial charge on any atom is -0.378 e. The Labute approximate surface area is 121 Å². The first kappa shape index (κ1) is 13.4. The van der Waals surface area contributed by atoms with Crippen LogP contribution in [0.25, 0.3) is 10.8 Å². The summed E-state index contributed by atoms with van der Waals surface area (Å²) in [6.07, 6.45) is 3.22. The van der Waals surface area contributed by atoms with Crippen LogP contribution in [-0.2, 0) is 4.74 Å². The lowest BCUT2D eigenvalue weighted by Gasteiger charge is -2.23. The number of morpholine rings is 1. The van der Waals surface area contributed by atoms with Crippen LogP contribution in [0.2, 0.25) is 0 Å². The number of ether oxygens (including phenoxy) is 1. The number of hydrazone groups is 1. The number of hydrogen-bond donors (Lipinski definition) is 0. The third-order valence-electron chi connectivity index (χ3n) is 3.34. The Balaban J connectivity index is 1.97. The van der Waals surface area contributed by atoms with Crippen molar-refractivity contribution in [2.75, 3.05) is 26.3 Å². The van der Waals surface area contributed by atoms with E-state index < -0.39 is 0 Å². The second kappa shape index (κ2) is 5.84. The van der Waals surface area contributed by atoms with Crippen LogP contribution in [0.5, 0.6) is 0 Å². The smallest absolute Gasteiger partial charge is 0.277 e. The molecule has 0 saturated carbocycles. The van der Waals surface area contributed by atoms with Gasteiger partial charge in [-0.3, -0.25) is 20.1 Å². The first-order valence-corrected chi connectivity index (χ1v) is 6.64. The van der Waals surface area contributed by atoms with Crippen molar-refractivity contribution in [3.8, 4) is 0 Å². The van der Waals surface area contributed by atoms with Gasteiger partial charge in [-0.2, -0.15) is 5.10 Å². The van der Waals surface area contributed by atoms with Gasteiger partial charge in [0.25, 0.3) is 5.69 Å². The Bertz CT molecular complexity index is 696. The fourth-order valence-corrected chi connectivity index (χ4v) is 2.28. The zero-order valence-electron chi connectivity index (χ0n) is 11.3. The highest BCUT2D eigenvalue weighted by atomic mass is 16.6. The highest BCUT2D eigenvalue weighted by Crippen LogP contribution is 2.25. The van der Waals surface area contributed by atoms with E-state index in [9.17, 15) is 10.1 Å². The maximum Gasteiger partial charge on any atom is 0.277 e. The number of non-ortho nitro benzene ring substituents is 1. The molecule has 0 amide bonds. The molecular formula is C14H14N4O3. The molecule has 0 aliphatic carbocycles. The molecule has 7 nitrogen and oxygen atoms in total. The van der Waals surface area contributed by atoms with E-state index in [0.29, 0.717) is 24.3 Å². The van der Waals surface area contributed by atoms with Gasteiger partial charge in [-0.05, 0) is 6.07 Å². The Hall–Kier alpha value is -2.54. The lowest BCUT2D eigenvalue weighted by atomic mass is 10.1. The maximum absolute atomic E-state index is 11.1. The predicted octanol–water partition coefficient (Wildman–Crippen LogP) is 1.81. The molecule has 0 radical (unpaired) electrons. The molecule has 0 N–H and O–H groups in total. The molecule has 1 aliphatic rings. The van der Waals surface area contributed by atoms with Gasteiger partial charge < -0.3 is 4.74 Å². The Morgan fingerprint density at radius 1 is 1.29 bits per heavy atom. The number of fused-ring (bicyclic) bond motifs is 1. The Morgan fingerprint density at radius 2 is 2.10 bits per heavy atom. The highest BCUT2D eigenvalue weighted by Gasteiger charge is 2.13. The molecule has 1 aromatic heterocycles. The van der Waals surface area contributed by atoms with Gasteiger partial charge in [-0.25, -0.2) is 0 Å². The van der Waals surface area contributed by atoms with E-state index in [-0.39, 0.29) is 10.6 Å². The molecule has 1 aromatic carbocycles. The number of nitrogens with zero attached hydrogens (tertiary/aromatic N) is 4. The van der Waals surface area contributed by atoms with Gasteiger partial charge in [-0.15, -0.1) is 0 Å². The summed E-state index contributed by atoms with van der Waals surface area (Å²) in [6.45, 7) is 2.79. The summed E-state index contributed by atoms with van der Waals surface area (Å²) in [6, 6.07) is 6.62. The maximum atomic E-state index is 11.1. The number of pyridine rings is 1. The van der Waals surface area contributed by atoms with E-state index in [2.05, 4.69) is 10.1 Å². The molecule has 1 aliphatic heterocycles. The fourth-order valence-electron chi connectivity index (χ4n) is 2.28. The summed E-state index contributed by atoms with van der Waals surface area (Å²) in [5.41, 5.74) is 0.707. The van der Waals surface area contributed by atoms with Crippen LogP contribution in [-0.4, -0.2) is 47.4 Å². The van der Waals surface area contributed by atoms with Crippen LogP contribution >= 0.6 is 0 Å². The van der Waals surface area contributed by atoms with Gasteiger partial charge in [0.05, 0.1) is 48.5 Å². The Morgan fingerprint density at radius 3 is 2.86 bits per heavy atom. The molecule has 1 fully saturated rings. The van der Waals surface area contributed by atoms with E-state index in [0.717, 1.165) is 18.5 Å². The number of rotatable bonds is 3. The third kappa shape index (κ3) is 2.82. The van der Waals surface area contributed by atoms with Crippen LogP contribution in [0.15, 0.2) is 35.6 Å². The molecule has 108 valence electrons. The topological polar surface area (TPSA) is 80.9 Å². The Kier molecular flexibility index (Phi) is 3.74. The lowest BCUT2D eigenvalue weighted by Crippen LogP contribution is -2.32. The minimum atomic E-state index is -0.384. The van der Waals surface area contributed by atoms with Crippen LogP contribution in [0.3, 0.4) is 0 Å². The van der Waals surface area contributed by atoms with Crippen molar-refractivity contribution in [1.82, 2.24) is 9.99 Å². The number of hydrogen-bond acceptors (Lipinski definition) is 6. The van der Waals surface area contributed by atoms with Crippen molar-refractivity contribution >= 4 is 22.7 Å². The average molecular weight is 286 g/mol. The summed E-state index contributed by atoms with van der Waals surface area (Å²) >= 11 is 0. The number of aromatic nitrogens is 1. The van der Waals surface area contributed by atoms with E-state index >= 15 is 0 Å². The normalized spacial score (nSPS) is 15.7. The average Bonchev–Trinajstić information content (AvgIpc) is 2.53. The zero-order valence-corrected chi connectivity index (χ0v) is 11.3. The second-order valence-electron chi connectivity index (χ2n) is 4.64. The molecule has 2 aromatic rings. The monoisotopic (exact) mass is 286 g/mol. The van der Waals surface area contributed by atoms with Crippen molar-refractivity contribution in [3.63, 3.8) is 0 Å². The van der Waals surface area contributed by atoms with Gasteiger partial charge in [0.1, 0.15) is 0 Å². The lowest BCUT2D eigenvalue weighted by molar-refractivity contribution is -0.383. The minimum absolute atomic E-state index is 0.0796. The number of nitro groups is 1. The molecule has 0 bridgehead atoms.